The molecular formula is C14H17N3O4S2. The van der Waals surface area contributed by atoms with Crippen LogP contribution < -0.4 is 4.72 Å². The molecule has 0 aliphatic heterocycles. The molecule has 0 fully saturated rings. The lowest BCUT2D eigenvalue weighted by molar-refractivity contribution is 0.483. The van der Waals surface area contributed by atoms with Crippen LogP contribution in [0.4, 0.5) is 5.69 Å². The third-order valence-electron chi connectivity index (χ3n) is 3.20. The van der Waals surface area contributed by atoms with Gasteiger partial charge in [-0.3, -0.25) is 9.71 Å². The van der Waals surface area contributed by atoms with Crippen molar-refractivity contribution in [2.45, 2.75) is 16.7 Å². The van der Waals surface area contributed by atoms with E-state index < -0.39 is 20.0 Å². The molecule has 0 aliphatic carbocycles. The van der Waals surface area contributed by atoms with Crippen LogP contribution in [0.3, 0.4) is 0 Å². The molecule has 0 saturated heterocycles. The maximum Gasteiger partial charge on any atom is 0.263 e. The molecule has 1 heterocycles. The Balaban J connectivity index is 2.53. The molecule has 0 aliphatic rings. The number of sulfonamides is 2. The lowest BCUT2D eigenvalue weighted by Gasteiger charge is -2.18. The normalized spacial score (nSPS) is 12.3. The minimum Gasteiger partial charge on any atom is -0.279 e. The van der Waals surface area contributed by atoms with Crippen molar-refractivity contribution < 1.29 is 16.8 Å². The van der Waals surface area contributed by atoms with Crippen LogP contribution in [0.2, 0.25) is 0 Å². The molecule has 2 aromatic rings. The second kappa shape index (κ2) is 6.65. The molecule has 1 aromatic carbocycles. The third-order valence-corrected chi connectivity index (χ3v) is 6.76. The number of anilines is 1. The van der Waals surface area contributed by atoms with Crippen molar-refractivity contribution in [3.05, 3.63) is 48.8 Å². The second-order valence-electron chi connectivity index (χ2n) is 4.71. The Labute approximate surface area is 136 Å². The molecule has 0 spiro atoms. The van der Waals surface area contributed by atoms with Gasteiger partial charge in [-0.15, -0.1) is 0 Å². The fourth-order valence-corrected chi connectivity index (χ4v) is 4.89. The maximum atomic E-state index is 12.6. The quantitative estimate of drug-likeness (QED) is 0.847. The first-order valence-electron chi connectivity index (χ1n) is 6.77. The van der Waals surface area contributed by atoms with E-state index in [1.54, 1.807) is 6.92 Å². The van der Waals surface area contributed by atoms with E-state index in [0.29, 0.717) is 5.69 Å². The fourth-order valence-electron chi connectivity index (χ4n) is 1.85. The summed E-state index contributed by atoms with van der Waals surface area (Å²) in [6, 6.07) is 8.47. The summed E-state index contributed by atoms with van der Waals surface area (Å²) in [6.45, 7) is 1.90. The summed E-state index contributed by atoms with van der Waals surface area (Å²) in [5.41, 5.74) is 0.302. The Kier molecular flexibility index (Phi) is 5.03. The number of rotatable bonds is 6. The highest BCUT2D eigenvalue weighted by Crippen LogP contribution is 2.25. The van der Waals surface area contributed by atoms with Crippen molar-refractivity contribution >= 4 is 25.7 Å². The molecule has 23 heavy (non-hydrogen) atoms. The van der Waals surface area contributed by atoms with Crippen molar-refractivity contribution in [3.63, 3.8) is 0 Å². The van der Waals surface area contributed by atoms with E-state index >= 15 is 0 Å². The predicted octanol–water partition coefficient (Wildman–Crippen LogP) is 1.52. The van der Waals surface area contributed by atoms with E-state index in [-0.39, 0.29) is 16.3 Å². The number of benzene rings is 1. The molecule has 0 saturated carbocycles. The summed E-state index contributed by atoms with van der Waals surface area (Å²) in [6.07, 6.45) is 2.87. The zero-order valence-corrected chi connectivity index (χ0v) is 14.3. The zero-order chi connectivity index (χ0) is 17.1. The summed E-state index contributed by atoms with van der Waals surface area (Å²) in [4.78, 5) is 3.25. The highest BCUT2D eigenvalue weighted by Gasteiger charge is 2.28. The van der Waals surface area contributed by atoms with Crippen LogP contribution in [0, 0.1) is 0 Å². The Morgan fingerprint density at radius 2 is 1.57 bits per heavy atom. The van der Waals surface area contributed by atoms with Gasteiger partial charge in [-0.25, -0.2) is 21.1 Å². The highest BCUT2D eigenvalue weighted by atomic mass is 32.2. The molecule has 0 amide bonds. The molecule has 0 unspecified atom stereocenters. The number of hydrogen-bond acceptors (Lipinski definition) is 5. The van der Waals surface area contributed by atoms with Gasteiger partial charge in [0.25, 0.3) is 10.0 Å². The lowest BCUT2D eigenvalue weighted by atomic mass is 10.4. The van der Waals surface area contributed by atoms with Crippen molar-refractivity contribution in [2.75, 3.05) is 18.3 Å². The first-order valence-corrected chi connectivity index (χ1v) is 9.69. The van der Waals surface area contributed by atoms with Crippen LogP contribution in [0.25, 0.3) is 0 Å². The third kappa shape index (κ3) is 3.69. The van der Waals surface area contributed by atoms with Crippen LogP contribution in [0.15, 0.2) is 58.6 Å². The molecule has 7 nitrogen and oxygen atoms in total. The molecule has 9 heteroatoms. The van der Waals surface area contributed by atoms with Gasteiger partial charge in [0, 0.05) is 26.0 Å². The number of pyridine rings is 1. The van der Waals surface area contributed by atoms with Gasteiger partial charge in [-0.2, -0.15) is 0 Å². The highest BCUT2D eigenvalue weighted by molar-refractivity contribution is 7.94. The Morgan fingerprint density at radius 3 is 2.13 bits per heavy atom. The van der Waals surface area contributed by atoms with E-state index in [2.05, 4.69) is 9.71 Å². The SMILES string of the molecule is CCN(C)S(=O)(=O)c1ccccc1S(=O)(=O)Nc1ccncc1. The van der Waals surface area contributed by atoms with Gasteiger partial charge in [0.1, 0.15) is 9.79 Å². The number of nitrogens with zero attached hydrogens (tertiary/aromatic N) is 2. The van der Waals surface area contributed by atoms with Gasteiger partial charge in [0.15, 0.2) is 0 Å². The molecule has 1 N–H and O–H groups in total. The van der Waals surface area contributed by atoms with E-state index in [1.807, 2.05) is 0 Å². The van der Waals surface area contributed by atoms with Gasteiger partial charge >= 0.3 is 0 Å². The van der Waals surface area contributed by atoms with Crippen LogP contribution in [-0.2, 0) is 20.0 Å². The van der Waals surface area contributed by atoms with Gasteiger partial charge in [0.2, 0.25) is 10.0 Å². The first-order chi connectivity index (χ1) is 10.8. The van der Waals surface area contributed by atoms with Crippen molar-refractivity contribution in [1.29, 1.82) is 0 Å². The molecule has 124 valence electrons. The number of aromatic nitrogens is 1. The summed E-state index contributed by atoms with van der Waals surface area (Å²) in [7, 11) is -6.55. The van der Waals surface area contributed by atoms with Crippen LogP contribution in [0.1, 0.15) is 6.92 Å². The van der Waals surface area contributed by atoms with Crippen LogP contribution >= 0.6 is 0 Å². The van der Waals surface area contributed by atoms with Crippen LogP contribution in [-0.4, -0.2) is 39.7 Å². The topological polar surface area (TPSA) is 96.4 Å². The fraction of sp³-hybridized carbons (Fsp3) is 0.214. The minimum absolute atomic E-state index is 0.231. The zero-order valence-electron chi connectivity index (χ0n) is 12.7. The van der Waals surface area contributed by atoms with Gasteiger partial charge < -0.3 is 0 Å². The largest absolute Gasteiger partial charge is 0.279 e. The van der Waals surface area contributed by atoms with E-state index in [0.717, 1.165) is 4.31 Å². The summed E-state index contributed by atoms with van der Waals surface area (Å²) < 4.78 is 53.6. The average molecular weight is 355 g/mol. The van der Waals surface area contributed by atoms with Gasteiger partial charge in [0.05, 0.1) is 5.69 Å². The monoisotopic (exact) mass is 355 g/mol. The van der Waals surface area contributed by atoms with Crippen LogP contribution in [0.5, 0.6) is 0 Å². The summed E-state index contributed by atoms with van der Waals surface area (Å²) >= 11 is 0. The summed E-state index contributed by atoms with van der Waals surface area (Å²) in [5, 5.41) is 0. The number of nitrogens with one attached hydrogen (secondary N) is 1. The van der Waals surface area contributed by atoms with Crippen molar-refractivity contribution in [2.24, 2.45) is 0 Å². The van der Waals surface area contributed by atoms with Gasteiger partial charge in [-0.1, -0.05) is 19.1 Å². The molecule has 0 bridgehead atoms. The summed E-state index contributed by atoms with van der Waals surface area (Å²) in [5.74, 6) is 0. The van der Waals surface area contributed by atoms with E-state index in [9.17, 15) is 16.8 Å². The standard InChI is InChI=1S/C14H17N3O4S2/c1-3-17(2)23(20,21)14-7-5-4-6-13(14)22(18,19)16-12-8-10-15-11-9-12/h4-11H,3H2,1-2H3,(H,15,16). The Hall–Kier alpha value is -1.97. The molecule has 2 rings (SSSR count). The second-order valence-corrected chi connectivity index (χ2v) is 8.37. The number of hydrogen-bond donors (Lipinski definition) is 1. The van der Waals surface area contributed by atoms with Crippen molar-refractivity contribution in [3.8, 4) is 0 Å². The predicted molar refractivity (Wildman–Crippen MR) is 87.0 cm³/mol. The molecular weight excluding hydrogens is 338 g/mol. The molecule has 0 atom stereocenters. The van der Waals surface area contributed by atoms with E-state index in [4.69, 9.17) is 0 Å². The lowest BCUT2D eigenvalue weighted by Crippen LogP contribution is -2.28. The Morgan fingerprint density at radius 1 is 1.00 bits per heavy atom. The maximum absolute atomic E-state index is 12.6. The smallest absolute Gasteiger partial charge is 0.263 e. The molecule has 0 radical (unpaired) electrons. The van der Waals surface area contributed by atoms with Gasteiger partial charge in [-0.05, 0) is 24.3 Å². The average Bonchev–Trinajstić information content (AvgIpc) is 2.54. The Bertz CT molecular complexity index is 881. The first kappa shape index (κ1) is 17.4. The molecule has 1 aromatic heterocycles. The minimum atomic E-state index is -4.05. The van der Waals surface area contributed by atoms with Crippen molar-refractivity contribution in [1.82, 2.24) is 9.29 Å². The van der Waals surface area contributed by atoms with E-state index in [1.165, 1.54) is 55.8 Å².